The molecule has 0 aliphatic carbocycles. The third-order valence-corrected chi connectivity index (χ3v) is 8.59. The van der Waals surface area contributed by atoms with Gasteiger partial charge in [0.1, 0.15) is 0 Å². The van der Waals surface area contributed by atoms with Gasteiger partial charge in [-0.25, -0.2) is 4.79 Å². The Labute approximate surface area is 234 Å². The van der Waals surface area contributed by atoms with Gasteiger partial charge in [0.15, 0.2) is 11.4 Å². The van der Waals surface area contributed by atoms with Crippen LogP contribution in [0.25, 0.3) is 55.6 Å². The molecule has 8 rings (SSSR count). The predicted molar refractivity (Wildman–Crippen MR) is 165 cm³/mol. The van der Waals surface area contributed by atoms with Crippen LogP contribution in [0.15, 0.2) is 140 Å². The van der Waals surface area contributed by atoms with Crippen LogP contribution in [0.2, 0.25) is 0 Å². The van der Waals surface area contributed by atoms with E-state index in [1.807, 2.05) is 18.2 Å². The van der Waals surface area contributed by atoms with E-state index in [0.717, 1.165) is 61.4 Å². The minimum atomic E-state index is 0.113. The maximum atomic E-state index is 14.5. The molecule has 2 aliphatic rings. The summed E-state index contributed by atoms with van der Waals surface area (Å²) in [6, 6.07) is 48.9. The lowest BCUT2D eigenvalue weighted by atomic mass is 9.86. The molecular weight excluding hydrogens is 486 g/mol. The molecule has 1 amide bonds. The van der Waals surface area contributed by atoms with Crippen molar-refractivity contribution in [2.45, 2.75) is 0 Å². The first kappa shape index (κ1) is 22.9. The number of carbonyl (C=O) groups is 1. The Morgan fingerprint density at radius 1 is 0.400 bits per heavy atom. The normalized spacial score (nSPS) is 16.3. The van der Waals surface area contributed by atoms with E-state index < -0.39 is 0 Å². The number of hydrogen-bond donors (Lipinski definition) is 0. The zero-order chi connectivity index (χ0) is 26.8. The lowest BCUT2D eigenvalue weighted by molar-refractivity contribution is 0.0861. The van der Waals surface area contributed by atoms with E-state index in [-0.39, 0.29) is 10.4 Å². The fraction of sp³-hybridized carbons (Fsp3) is 0.0263. The smallest absolute Gasteiger partial charge is 0.225 e. The maximum Gasteiger partial charge on any atom is 0.356 e. The molecule has 6 aromatic rings. The van der Waals surface area contributed by atoms with Gasteiger partial charge in [-0.15, -0.1) is 0 Å². The van der Waals surface area contributed by atoms with E-state index in [1.165, 1.54) is 11.1 Å². The highest BCUT2D eigenvalue weighted by atomic mass is 16.2. The van der Waals surface area contributed by atoms with Gasteiger partial charge in [0.2, 0.25) is 0 Å². The van der Waals surface area contributed by atoms with Crippen LogP contribution in [0.5, 0.6) is 0 Å². The molecule has 0 saturated carbocycles. The second-order valence-corrected chi connectivity index (χ2v) is 10.8. The van der Waals surface area contributed by atoms with E-state index >= 15 is 0 Å². The lowest BCUT2D eigenvalue weighted by Gasteiger charge is -2.34. The number of nitrogens with zero attached hydrogens (tertiary/aromatic N) is 1. The van der Waals surface area contributed by atoms with Crippen LogP contribution in [0.3, 0.4) is 0 Å². The lowest BCUT2D eigenvalue weighted by Crippen LogP contribution is -2.46. The molecule has 2 heterocycles. The molecule has 2 heteroatoms. The third-order valence-electron chi connectivity index (χ3n) is 8.59. The van der Waals surface area contributed by atoms with Crippen molar-refractivity contribution in [3.05, 3.63) is 145 Å². The zero-order valence-corrected chi connectivity index (χ0v) is 22.1. The van der Waals surface area contributed by atoms with Gasteiger partial charge in [-0.2, -0.15) is 4.48 Å². The largest absolute Gasteiger partial charge is 0.356 e. The molecule has 40 heavy (non-hydrogen) atoms. The minimum Gasteiger partial charge on any atom is -0.225 e. The van der Waals surface area contributed by atoms with Crippen molar-refractivity contribution in [3.8, 4) is 55.6 Å². The molecule has 6 aromatic carbocycles. The van der Waals surface area contributed by atoms with Crippen molar-refractivity contribution in [3.63, 3.8) is 0 Å². The van der Waals surface area contributed by atoms with Gasteiger partial charge in [0.25, 0.3) is 0 Å². The third kappa shape index (κ3) is 3.17. The molecule has 1 atom stereocenters. The monoisotopic (exact) mass is 512 g/mol. The SMILES string of the molecule is C[N+]12C(=O)c3ccc(-c4ccccc4)cc3-c3cc(-c4ccccc4)cc(c31)-c1cc(-c3ccccc3)ccc12. The average molecular weight is 513 g/mol. The van der Waals surface area contributed by atoms with Crippen LogP contribution in [0, 0.1) is 0 Å². The zero-order valence-electron chi connectivity index (χ0n) is 22.1. The fourth-order valence-electron chi connectivity index (χ4n) is 6.61. The summed E-state index contributed by atoms with van der Waals surface area (Å²) in [5.41, 5.74) is 14.2. The Balaban J connectivity index is 1.44. The number of fused-ring (bicyclic) bond motifs is 5. The molecule has 1 unspecified atom stereocenters. The summed E-state index contributed by atoms with van der Waals surface area (Å²) in [5, 5.41) is 0. The minimum absolute atomic E-state index is 0.113. The van der Waals surface area contributed by atoms with Crippen LogP contribution in [-0.2, 0) is 0 Å². The van der Waals surface area contributed by atoms with Gasteiger partial charge in [-0.3, -0.25) is 0 Å². The summed E-state index contributed by atoms with van der Waals surface area (Å²) >= 11 is 0. The topological polar surface area (TPSA) is 17.1 Å². The van der Waals surface area contributed by atoms with Gasteiger partial charge < -0.3 is 0 Å². The predicted octanol–water partition coefficient (Wildman–Crippen LogP) is 9.76. The van der Waals surface area contributed by atoms with Crippen molar-refractivity contribution in [1.82, 2.24) is 4.48 Å². The maximum absolute atomic E-state index is 14.5. The molecule has 2 aliphatic heterocycles. The standard InChI is InChI=1S/C38H26NO/c1-39-36-20-18-29(26-13-7-3-8-14-26)22-33(36)35-24-30(27-15-9-4-10-16-27)23-34(37(35)39)32-21-28(17-19-31(32)38(39)40)25-11-5-2-6-12-25/h2-24H,1H3/q+1. The Morgan fingerprint density at radius 3 is 1.43 bits per heavy atom. The van der Waals surface area contributed by atoms with Gasteiger partial charge >= 0.3 is 5.91 Å². The summed E-state index contributed by atoms with van der Waals surface area (Å²) in [6.07, 6.45) is 0. The van der Waals surface area contributed by atoms with Crippen LogP contribution in [0.4, 0.5) is 11.4 Å². The van der Waals surface area contributed by atoms with Crippen molar-refractivity contribution >= 4 is 17.3 Å². The Bertz CT molecular complexity index is 1960. The van der Waals surface area contributed by atoms with Gasteiger partial charge in [0.05, 0.1) is 23.7 Å². The molecule has 2 nitrogen and oxygen atoms in total. The Morgan fingerprint density at radius 2 is 0.850 bits per heavy atom. The Hall–Kier alpha value is -5.05. The van der Waals surface area contributed by atoms with E-state index in [0.29, 0.717) is 0 Å². The molecule has 0 spiro atoms. The summed E-state index contributed by atoms with van der Waals surface area (Å²) in [6.45, 7) is 0. The average Bonchev–Trinajstić information content (AvgIpc) is 3.29. The first-order valence-corrected chi connectivity index (χ1v) is 13.7. The van der Waals surface area contributed by atoms with Gasteiger partial charge in [-0.1, -0.05) is 97.1 Å². The number of quaternary nitrogens is 1. The summed E-state index contributed by atoms with van der Waals surface area (Å²) < 4.78 is 0.155. The highest BCUT2D eigenvalue weighted by Gasteiger charge is 2.52. The number of rotatable bonds is 3. The van der Waals surface area contributed by atoms with Crippen molar-refractivity contribution in [2.75, 3.05) is 7.05 Å². The fourth-order valence-corrected chi connectivity index (χ4v) is 6.61. The molecule has 0 saturated heterocycles. The highest BCUT2D eigenvalue weighted by Crippen LogP contribution is 2.60. The summed E-state index contributed by atoms with van der Waals surface area (Å²) in [5.74, 6) is 0.113. The van der Waals surface area contributed by atoms with E-state index in [2.05, 4.69) is 128 Å². The molecular formula is C38H26NO+. The second kappa shape index (κ2) is 8.47. The van der Waals surface area contributed by atoms with Crippen molar-refractivity contribution in [1.29, 1.82) is 0 Å². The highest BCUT2D eigenvalue weighted by molar-refractivity contribution is 6.23. The number of carbonyl (C=O) groups excluding carboxylic acids is 1. The number of amides is 1. The molecule has 0 fully saturated rings. The summed E-state index contributed by atoms with van der Waals surface area (Å²) in [7, 11) is 2.06. The first-order valence-electron chi connectivity index (χ1n) is 13.7. The first-order chi connectivity index (χ1) is 19.6. The van der Waals surface area contributed by atoms with Crippen LogP contribution >= 0.6 is 0 Å². The Kier molecular flexibility index (Phi) is 4.85. The van der Waals surface area contributed by atoms with Gasteiger partial charge in [-0.05, 0) is 69.8 Å². The van der Waals surface area contributed by atoms with E-state index in [9.17, 15) is 4.79 Å². The quantitative estimate of drug-likeness (QED) is 0.216. The number of benzene rings is 6. The molecule has 0 aromatic heterocycles. The van der Waals surface area contributed by atoms with Crippen molar-refractivity contribution < 1.29 is 4.79 Å². The van der Waals surface area contributed by atoms with E-state index in [4.69, 9.17) is 0 Å². The van der Waals surface area contributed by atoms with Crippen molar-refractivity contribution in [2.24, 2.45) is 0 Å². The van der Waals surface area contributed by atoms with Crippen LogP contribution in [0.1, 0.15) is 10.4 Å². The summed E-state index contributed by atoms with van der Waals surface area (Å²) in [4.78, 5) is 14.5. The van der Waals surface area contributed by atoms with Crippen LogP contribution in [-0.4, -0.2) is 13.0 Å². The molecule has 0 bridgehead atoms. The van der Waals surface area contributed by atoms with E-state index in [1.54, 1.807) is 0 Å². The van der Waals surface area contributed by atoms with Gasteiger partial charge in [0, 0.05) is 17.2 Å². The molecule has 0 N–H and O–H groups in total. The van der Waals surface area contributed by atoms with Crippen LogP contribution < -0.4 is 4.48 Å². The molecule has 188 valence electrons. The second-order valence-electron chi connectivity index (χ2n) is 10.8. The molecule has 0 radical (unpaired) electrons. The number of hydrogen-bond acceptors (Lipinski definition) is 1.